The third kappa shape index (κ3) is 12.4. The van der Waals surface area contributed by atoms with E-state index in [0.717, 1.165) is 35.8 Å². The van der Waals surface area contributed by atoms with Crippen molar-refractivity contribution in [1.29, 1.82) is 0 Å². The van der Waals surface area contributed by atoms with Crippen molar-refractivity contribution in [3.05, 3.63) is 95.6 Å². The van der Waals surface area contributed by atoms with E-state index in [9.17, 15) is 4.57 Å². The first-order valence-electron chi connectivity index (χ1n) is 14.3. The SMILES string of the molecule is COCC(CCC(C)C)(COC)C(C)C.Cc1ccc(OP(=O)(OCc2ccccc2)Oc2ccc(C)cc2)cc1. The lowest BCUT2D eigenvalue weighted by Gasteiger charge is -2.37. The highest BCUT2D eigenvalue weighted by Crippen LogP contribution is 2.50. The van der Waals surface area contributed by atoms with Crippen molar-refractivity contribution in [1.82, 2.24) is 0 Å². The molecule has 0 saturated heterocycles. The second-order valence-corrected chi connectivity index (χ2v) is 12.8. The molecule has 0 unspecified atom stereocenters. The first-order chi connectivity index (χ1) is 19.5. The number of hydrogen-bond donors (Lipinski definition) is 0. The minimum atomic E-state index is -3.86. The molecule has 3 aromatic carbocycles. The lowest BCUT2D eigenvalue weighted by atomic mass is 9.74. The molecule has 0 atom stereocenters. The molecule has 0 N–H and O–H groups in total. The number of benzene rings is 3. The van der Waals surface area contributed by atoms with Crippen LogP contribution < -0.4 is 9.05 Å². The van der Waals surface area contributed by atoms with E-state index in [1.54, 1.807) is 38.5 Å². The quantitative estimate of drug-likeness (QED) is 0.166. The van der Waals surface area contributed by atoms with Crippen molar-refractivity contribution in [2.75, 3.05) is 27.4 Å². The molecule has 3 aromatic rings. The maximum Gasteiger partial charge on any atom is 0.587 e. The number of phosphoric ester groups is 1. The van der Waals surface area contributed by atoms with E-state index in [0.29, 0.717) is 17.4 Å². The van der Waals surface area contributed by atoms with Crippen molar-refractivity contribution in [2.24, 2.45) is 17.3 Å². The Morgan fingerprint density at radius 1 is 0.707 bits per heavy atom. The van der Waals surface area contributed by atoms with E-state index < -0.39 is 7.82 Å². The van der Waals surface area contributed by atoms with Crippen molar-refractivity contribution in [2.45, 2.75) is 61.0 Å². The van der Waals surface area contributed by atoms with Gasteiger partial charge in [-0.1, -0.05) is 99.8 Å². The highest BCUT2D eigenvalue weighted by molar-refractivity contribution is 7.49. The largest absolute Gasteiger partial charge is 0.587 e. The Balaban J connectivity index is 0.000000337. The van der Waals surface area contributed by atoms with Gasteiger partial charge in [-0.2, -0.15) is 0 Å². The third-order valence-electron chi connectivity index (χ3n) is 7.02. The predicted molar refractivity (Wildman–Crippen MR) is 168 cm³/mol. The average Bonchev–Trinajstić information content (AvgIpc) is 2.94. The highest BCUT2D eigenvalue weighted by atomic mass is 31.2. The fraction of sp³-hybridized carbons (Fsp3) is 0.471. The number of hydrogen-bond acceptors (Lipinski definition) is 6. The summed E-state index contributed by atoms with van der Waals surface area (Å²) < 4.78 is 40.8. The van der Waals surface area contributed by atoms with Gasteiger partial charge in [0, 0.05) is 19.6 Å². The Hall–Kier alpha value is -2.63. The molecule has 3 rings (SSSR count). The van der Waals surface area contributed by atoms with E-state index in [4.69, 9.17) is 23.0 Å². The van der Waals surface area contributed by atoms with Crippen LogP contribution in [0.1, 0.15) is 57.2 Å². The van der Waals surface area contributed by atoms with Gasteiger partial charge in [-0.25, -0.2) is 4.57 Å². The molecule has 0 fully saturated rings. The molecule has 226 valence electrons. The Kier molecular flexibility index (Phi) is 14.6. The van der Waals surface area contributed by atoms with Crippen LogP contribution in [-0.2, 0) is 25.2 Å². The van der Waals surface area contributed by atoms with Crippen LogP contribution in [0.15, 0.2) is 78.9 Å². The molecule has 0 spiro atoms. The molecule has 0 aliphatic rings. The zero-order chi connectivity index (χ0) is 30.3. The molecule has 0 aliphatic heterocycles. The van der Waals surface area contributed by atoms with Crippen LogP contribution in [0.5, 0.6) is 11.5 Å². The van der Waals surface area contributed by atoms with Crippen molar-refractivity contribution in [3.63, 3.8) is 0 Å². The summed E-state index contributed by atoms with van der Waals surface area (Å²) in [4.78, 5) is 0. The molecule has 0 aromatic heterocycles. The summed E-state index contributed by atoms with van der Waals surface area (Å²) in [7, 11) is -0.299. The lowest BCUT2D eigenvalue weighted by molar-refractivity contribution is -0.0290. The number of rotatable bonds is 15. The molecule has 41 heavy (non-hydrogen) atoms. The van der Waals surface area contributed by atoms with Gasteiger partial charge in [-0.15, -0.1) is 0 Å². The number of methoxy groups -OCH3 is 2. The monoisotopic (exact) mass is 584 g/mol. The highest BCUT2D eigenvalue weighted by Gasteiger charge is 2.34. The fourth-order valence-electron chi connectivity index (χ4n) is 4.21. The summed E-state index contributed by atoms with van der Waals surface area (Å²) >= 11 is 0. The van der Waals surface area contributed by atoms with Gasteiger partial charge in [-0.3, -0.25) is 4.52 Å². The third-order valence-corrected chi connectivity index (χ3v) is 8.33. The minimum absolute atomic E-state index is 0.121. The molecule has 6 nitrogen and oxygen atoms in total. The predicted octanol–water partition coefficient (Wildman–Crippen LogP) is 9.44. The van der Waals surface area contributed by atoms with Crippen LogP contribution in [0.4, 0.5) is 0 Å². The summed E-state index contributed by atoms with van der Waals surface area (Å²) in [5.74, 6) is 2.20. The smallest absolute Gasteiger partial charge is 0.395 e. The van der Waals surface area contributed by atoms with Gasteiger partial charge in [0.05, 0.1) is 19.8 Å². The van der Waals surface area contributed by atoms with E-state index in [2.05, 4.69) is 27.7 Å². The molecule has 0 aliphatic carbocycles. The van der Waals surface area contributed by atoms with Crippen LogP contribution in [0.2, 0.25) is 0 Å². The summed E-state index contributed by atoms with van der Waals surface area (Å²) in [5, 5.41) is 0. The van der Waals surface area contributed by atoms with Crippen LogP contribution in [0.3, 0.4) is 0 Å². The minimum Gasteiger partial charge on any atom is -0.395 e. The van der Waals surface area contributed by atoms with E-state index in [-0.39, 0.29) is 12.0 Å². The number of aryl methyl sites for hydroxylation is 2. The molecule has 0 amide bonds. The molecule has 0 radical (unpaired) electrons. The summed E-state index contributed by atoms with van der Waals surface area (Å²) in [6.07, 6.45) is 2.43. The second-order valence-electron chi connectivity index (χ2n) is 11.3. The van der Waals surface area contributed by atoms with Crippen molar-refractivity contribution < 1.29 is 27.6 Å². The second kappa shape index (κ2) is 17.4. The van der Waals surface area contributed by atoms with E-state index in [1.807, 2.05) is 68.4 Å². The van der Waals surface area contributed by atoms with Crippen LogP contribution in [-0.4, -0.2) is 27.4 Å². The van der Waals surface area contributed by atoms with Crippen LogP contribution in [0.25, 0.3) is 0 Å². The topological polar surface area (TPSA) is 63.2 Å². The molecule has 7 heteroatoms. The Labute approximate surface area is 248 Å². The zero-order valence-electron chi connectivity index (χ0n) is 26.1. The summed E-state index contributed by atoms with van der Waals surface area (Å²) in [5.41, 5.74) is 3.23. The summed E-state index contributed by atoms with van der Waals surface area (Å²) in [6, 6.07) is 24.0. The number of ether oxygens (including phenoxy) is 2. The maximum absolute atomic E-state index is 13.2. The Bertz CT molecular complexity index is 1100. The number of phosphoric acid groups is 1. The molecular weight excluding hydrogens is 535 g/mol. The fourth-order valence-corrected chi connectivity index (χ4v) is 5.42. The molecule has 0 saturated carbocycles. The standard InChI is InChI=1S/C21H21O4P.C13H28O2/c1-17-8-12-20(13-9-17)24-26(22,23-16-19-6-4-3-5-7-19)25-21-14-10-18(2)11-15-21;1-11(2)7-8-13(9-14-5,10-15-6)12(3)4/h3-15H,16H2,1-2H3;11-12H,7-10H2,1-6H3. The zero-order valence-corrected chi connectivity index (χ0v) is 27.0. The van der Waals surface area contributed by atoms with Gasteiger partial charge in [-0.05, 0) is 61.9 Å². The van der Waals surface area contributed by atoms with Gasteiger partial charge >= 0.3 is 7.82 Å². The van der Waals surface area contributed by atoms with Crippen molar-refractivity contribution in [3.8, 4) is 11.5 Å². The Morgan fingerprint density at radius 3 is 1.56 bits per heavy atom. The first-order valence-corrected chi connectivity index (χ1v) is 15.8. The molecule has 0 bridgehead atoms. The van der Waals surface area contributed by atoms with Crippen LogP contribution >= 0.6 is 7.82 Å². The summed E-state index contributed by atoms with van der Waals surface area (Å²) in [6.45, 7) is 14.7. The van der Waals surface area contributed by atoms with Gasteiger partial charge in [0.1, 0.15) is 11.5 Å². The van der Waals surface area contributed by atoms with Gasteiger partial charge in [0.25, 0.3) is 0 Å². The van der Waals surface area contributed by atoms with Gasteiger partial charge in [0.15, 0.2) is 0 Å². The normalized spacial score (nSPS) is 11.8. The average molecular weight is 585 g/mol. The molecule has 0 heterocycles. The van der Waals surface area contributed by atoms with Crippen molar-refractivity contribution >= 4 is 7.82 Å². The van der Waals surface area contributed by atoms with Gasteiger partial charge < -0.3 is 18.5 Å². The molecular formula is C34H49O6P. The van der Waals surface area contributed by atoms with E-state index in [1.165, 1.54) is 12.8 Å². The van der Waals surface area contributed by atoms with Gasteiger partial charge in [0.2, 0.25) is 0 Å². The first kappa shape index (κ1) is 34.6. The Morgan fingerprint density at radius 2 is 1.17 bits per heavy atom. The maximum atomic E-state index is 13.2. The lowest BCUT2D eigenvalue weighted by Crippen LogP contribution is -2.37. The van der Waals surface area contributed by atoms with Crippen LogP contribution in [0, 0.1) is 31.1 Å². The van der Waals surface area contributed by atoms with E-state index >= 15 is 0 Å².